The minimum absolute atomic E-state index is 0.156. The molecule has 4 aromatic carbocycles. The number of nitrogens with zero attached hydrogens (tertiary/aromatic N) is 2. The van der Waals surface area contributed by atoms with Crippen LogP contribution >= 0.6 is 11.3 Å². The summed E-state index contributed by atoms with van der Waals surface area (Å²) in [7, 11) is 0. The Morgan fingerprint density at radius 3 is 1.95 bits per heavy atom. The maximum Gasteiger partial charge on any atom is 0.270 e. The third-order valence-corrected chi connectivity index (χ3v) is 7.95. The quantitative estimate of drug-likeness (QED) is 0.169. The number of benzene rings is 4. The van der Waals surface area contributed by atoms with Crippen LogP contribution in [0.4, 0.5) is 4.39 Å². The van der Waals surface area contributed by atoms with E-state index < -0.39 is 0 Å². The van der Waals surface area contributed by atoms with E-state index in [1.165, 1.54) is 45.7 Å². The summed E-state index contributed by atoms with van der Waals surface area (Å²) in [4.78, 5) is 20.0. The van der Waals surface area contributed by atoms with E-state index in [0.29, 0.717) is 25.3 Å². The van der Waals surface area contributed by atoms with E-state index in [2.05, 4.69) is 94.9 Å². The highest BCUT2D eigenvalue weighted by Crippen LogP contribution is 2.27. The molecule has 1 amide bonds. The van der Waals surface area contributed by atoms with Gasteiger partial charge in [-0.1, -0.05) is 103 Å². The number of amides is 1. The Bertz CT molecular complexity index is 1430. The van der Waals surface area contributed by atoms with E-state index in [1.54, 1.807) is 0 Å². The van der Waals surface area contributed by atoms with Gasteiger partial charge in [-0.05, 0) is 47.7 Å². The van der Waals surface area contributed by atoms with Crippen molar-refractivity contribution < 1.29 is 9.18 Å². The second-order valence-corrected chi connectivity index (χ2v) is 11.2. The van der Waals surface area contributed by atoms with Gasteiger partial charge in [-0.25, -0.2) is 9.37 Å². The second-order valence-electron chi connectivity index (χ2n) is 10.3. The smallest absolute Gasteiger partial charge is 0.270 e. The molecule has 0 atom stereocenters. The topological polar surface area (TPSA) is 45.2 Å². The fourth-order valence-corrected chi connectivity index (χ4v) is 5.78. The molecule has 0 aliphatic rings. The number of nitrogens with one attached hydrogen (secondary N) is 1. The van der Waals surface area contributed by atoms with Crippen LogP contribution < -0.4 is 5.32 Å². The number of aromatic nitrogens is 1. The Hall–Kier alpha value is -4.13. The highest BCUT2D eigenvalue weighted by Gasteiger charge is 2.17. The molecule has 0 aliphatic carbocycles. The molecule has 0 unspecified atom stereocenters. The van der Waals surface area contributed by atoms with Crippen molar-refractivity contribution in [1.29, 1.82) is 0 Å². The van der Waals surface area contributed by atoms with Crippen molar-refractivity contribution >= 4 is 17.2 Å². The van der Waals surface area contributed by atoms with Crippen LogP contribution in [0.3, 0.4) is 0 Å². The molecule has 5 rings (SSSR count). The first-order chi connectivity index (χ1) is 20.0. The normalized spacial score (nSPS) is 11.2. The van der Waals surface area contributed by atoms with E-state index >= 15 is 0 Å². The summed E-state index contributed by atoms with van der Waals surface area (Å²) in [6, 6.07) is 35.9. The molecule has 41 heavy (non-hydrogen) atoms. The molecule has 4 nitrogen and oxygen atoms in total. The van der Waals surface area contributed by atoms with Crippen LogP contribution in [0.25, 0.3) is 0 Å². The van der Waals surface area contributed by atoms with Crippen LogP contribution in [-0.2, 0) is 19.6 Å². The molecule has 1 aromatic heterocycles. The minimum Gasteiger partial charge on any atom is -0.351 e. The summed E-state index contributed by atoms with van der Waals surface area (Å²) in [5.74, 6) is -0.199. The van der Waals surface area contributed by atoms with Gasteiger partial charge in [0.05, 0.1) is 6.54 Å². The van der Waals surface area contributed by atoms with Crippen molar-refractivity contribution in [2.45, 2.75) is 38.9 Å². The number of halogens is 1. The lowest BCUT2D eigenvalue weighted by Gasteiger charge is -2.21. The number of hydrogen-bond acceptors (Lipinski definition) is 4. The third-order valence-electron chi connectivity index (χ3n) is 7.11. The van der Waals surface area contributed by atoms with Crippen molar-refractivity contribution in [3.8, 4) is 0 Å². The first-order valence-electron chi connectivity index (χ1n) is 13.9. The van der Waals surface area contributed by atoms with Gasteiger partial charge < -0.3 is 5.32 Å². The van der Waals surface area contributed by atoms with E-state index in [1.807, 2.05) is 29.6 Å². The van der Waals surface area contributed by atoms with Crippen molar-refractivity contribution in [2.24, 2.45) is 0 Å². The highest BCUT2D eigenvalue weighted by atomic mass is 32.1. The standard InChI is InChI=1S/C35H34FN3OS/c1-26-12-14-27(15-13-26)22-39(23-28-16-18-31(36)19-17-28)24-34-38-33(25-41-34)35(40)37-21-20-32(29-8-4-2-5-9-29)30-10-6-3-7-11-30/h2-19,25,32H,20-24H2,1H3,(H,37,40). The summed E-state index contributed by atoms with van der Waals surface area (Å²) < 4.78 is 13.5. The zero-order chi connectivity index (χ0) is 28.4. The number of carbonyl (C=O) groups is 1. The van der Waals surface area contributed by atoms with Crippen molar-refractivity contribution in [3.63, 3.8) is 0 Å². The Morgan fingerprint density at radius 1 is 0.805 bits per heavy atom. The molecule has 0 spiro atoms. The average molecular weight is 564 g/mol. The maximum absolute atomic E-state index is 13.5. The first kappa shape index (κ1) is 28.4. The van der Waals surface area contributed by atoms with Gasteiger partial charge in [0.1, 0.15) is 16.5 Å². The number of carbonyl (C=O) groups excluding carboxylic acids is 1. The predicted molar refractivity (Wildman–Crippen MR) is 164 cm³/mol. The Labute approximate surface area is 245 Å². The van der Waals surface area contributed by atoms with Gasteiger partial charge in [-0.3, -0.25) is 9.69 Å². The Morgan fingerprint density at radius 2 is 1.37 bits per heavy atom. The molecule has 0 saturated heterocycles. The monoisotopic (exact) mass is 563 g/mol. The molecule has 1 heterocycles. The highest BCUT2D eigenvalue weighted by molar-refractivity contribution is 7.09. The zero-order valence-corrected chi connectivity index (χ0v) is 24.0. The van der Waals surface area contributed by atoms with E-state index in [4.69, 9.17) is 0 Å². The largest absolute Gasteiger partial charge is 0.351 e. The molecule has 6 heteroatoms. The summed E-state index contributed by atoms with van der Waals surface area (Å²) in [6.45, 7) is 4.58. The maximum atomic E-state index is 13.5. The molecule has 0 saturated carbocycles. The van der Waals surface area contributed by atoms with Crippen molar-refractivity contribution in [2.75, 3.05) is 6.54 Å². The van der Waals surface area contributed by atoms with Gasteiger partial charge in [-0.15, -0.1) is 11.3 Å². The predicted octanol–water partition coefficient (Wildman–Crippen LogP) is 7.75. The fraction of sp³-hybridized carbons (Fsp3) is 0.200. The van der Waals surface area contributed by atoms with Crippen LogP contribution in [0.1, 0.15) is 55.7 Å². The molecule has 1 N–H and O–H groups in total. The summed E-state index contributed by atoms with van der Waals surface area (Å²) in [5.41, 5.74) is 6.35. The lowest BCUT2D eigenvalue weighted by molar-refractivity contribution is 0.0948. The van der Waals surface area contributed by atoms with Gasteiger partial charge in [0.2, 0.25) is 0 Å². The SMILES string of the molecule is Cc1ccc(CN(Cc2ccc(F)cc2)Cc2nc(C(=O)NCCC(c3ccccc3)c3ccccc3)cs2)cc1. The van der Waals surface area contributed by atoms with Crippen LogP contribution in [0.5, 0.6) is 0 Å². The molecule has 0 aliphatic heterocycles. The summed E-state index contributed by atoms with van der Waals surface area (Å²) in [5, 5.41) is 5.78. The summed E-state index contributed by atoms with van der Waals surface area (Å²) >= 11 is 1.49. The number of aryl methyl sites for hydroxylation is 1. The van der Waals surface area contributed by atoms with E-state index in [9.17, 15) is 9.18 Å². The number of thiazole rings is 1. The van der Waals surface area contributed by atoms with Crippen LogP contribution in [-0.4, -0.2) is 22.3 Å². The van der Waals surface area contributed by atoms with Crippen LogP contribution in [0.2, 0.25) is 0 Å². The summed E-state index contributed by atoms with van der Waals surface area (Å²) in [6.07, 6.45) is 0.790. The van der Waals surface area contributed by atoms with Gasteiger partial charge in [0.25, 0.3) is 5.91 Å². The second kappa shape index (κ2) is 14.0. The first-order valence-corrected chi connectivity index (χ1v) is 14.8. The van der Waals surface area contributed by atoms with Crippen molar-refractivity contribution in [1.82, 2.24) is 15.2 Å². The van der Waals surface area contributed by atoms with Crippen molar-refractivity contribution in [3.05, 3.63) is 159 Å². The number of rotatable bonds is 12. The zero-order valence-electron chi connectivity index (χ0n) is 23.2. The lowest BCUT2D eigenvalue weighted by atomic mass is 9.88. The average Bonchev–Trinajstić information content (AvgIpc) is 3.47. The fourth-order valence-electron chi connectivity index (χ4n) is 4.96. The lowest BCUT2D eigenvalue weighted by Crippen LogP contribution is -2.26. The Kier molecular flexibility index (Phi) is 9.68. The molecule has 5 aromatic rings. The Balaban J connectivity index is 1.22. The van der Waals surface area contributed by atoms with Crippen LogP contribution in [0.15, 0.2) is 115 Å². The minimum atomic E-state index is -0.242. The van der Waals surface area contributed by atoms with Crippen LogP contribution in [0, 0.1) is 12.7 Å². The third kappa shape index (κ3) is 8.19. The van der Waals surface area contributed by atoms with Gasteiger partial charge in [0.15, 0.2) is 0 Å². The number of hydrogen-bond donors (Lipinski definition) is 1. The van der Waals surface area contributed by atoms with E-state index in [-0.39, 0.29) is 17.6 Å². The molecule has 208 valence electrons. The van der Waals surface area contributed by atoms with Gasteiger partial charge in [-0.2, -0.15) is 0 Å². The van der Waals surface area contributed by atoms with Gasteiger partial charge >= 0.3 is 0 Å². The van der Waals surface area contributed by atoms with Gasteiger partial charge in [0, 0.05) is 30.9 Å². The molecule has 0 bridgehead atoms. The molecule has 0 radical (unpaired) electrons. The van der Waals surface area contributed by atoms with E-state index in [0.717, 1.165) is 23.5 Å². The molecular weight excluding hydrogens is 529 g/mol. The molecule has 0 fully saturated rings. The molecular formula is C35H34FN3OS.